The molecule has 0 aliphatic heterocycles. The third kappa shape index (κ3) is 2.97. The molecular formula is C10H5Cl3FN3. The Bertz CT molecular complexity index is 562. The van der Waals surface area contributed by atoms with E-state index < -0.39 is 5.82 Å². The summed E-state index contributed by atoms with van der Waals surface area (Å²) in [6.07, 6.45) is 1.36. The van der Waals surface area contributed by atoms with E-state index in [1.165, 1.54) is 24.4 Å². The van der Waals surface area contributed by atoms with Crippen LogP contribution < -0.4 is 5.32 Å². The van der Waals surface area contributed by atoms with Crippen LogP contribution in [0.1, 0.15) is 0 Å². The molecule has 1 heterocycles. The van der Waals surface area contributed by atoms with Crippen molar-refractivity contribution in [3.8, 4) is 0 Å². The highest BCUT2D eigenvalue weighted by molar-refractivity contribution is 6.35. The summed E-state index contributed by atoms with van der Waals surface area (Å²) in [4.78, 5) is 7.60. The van der Waals surface area contributed by atoms with Crippen LogP contribution in [0.3, 0.4) is 0 Å². The van der Waals surface area contributed by atoms with Crippen molar-refractivity contribution >= 4 is 46.3 Å². The maximum atomic E-state index is 12.8. The standard InChI is InChI=1S/C10H5Cl3FN3/c11-6-3-5(14)1-2-8(6)16-9-7(12)4-15-10(13)17-9/h1-4H,(H,15,16,17). The fourth-order valence-corrected chi connectivity index (χ4v) is 1.64. The first-order chi connectivity index (χ1) is 8.06. The molecule has 7 heteroatoms. The number of hydrogen-bond donors (Lipinski definition) is 1. The number of benzene rings is 1. The maximum absolute atomic E-state index is 12.8. The minimum Gasteiger partial charge on any atom is -0.338 e. The molecule has 1 aromatic carbocycles. The van der Waals surface area contributed by atoms with Gasteiger partial charge in [-0.25, -0.2) is 9.37 Å². The van der Waals surface area contributed by atoms with E-state index in [1.54, 1.807) is 0 Å². The fraction of sp³-hybridized carbons (Fsp3) is 0. The summed E-state index contributed by atoms with van der Waals surface area (Å²) in [5.74, 6) is -0.118. The molecule has 0 amide bonds. The number of anilines is 2. The third-order valence-electron chi connectivity index (χ3n) is 1.90. The molecule has 0 atom stereocenters. The summed E-state index contributed by atoms with van der Waals surface area (Å²) in [6.45, 7) is 0. The van der Waals surface area contributed by atoms with Crippen molar-refractivity contribution in [3.05, 3.63) is 45.5 Å². The Kier molecular flexibility index (Phi) is 3.66. The quantitative estimate of drug-likeness (QED) is 0.838. The van der Waals surface area contributed by atoms with Crippen molar-refractivity contribution in [1.82, 2.24) is 9.97 Å². The Morgan fingerprint density at radius 1 is 1.12 bits per heavy atom. The van der Waals surface area contributed by atoms with Gasteiger partial charge in [0.15, 0.2) is 5.82 Å². The topological polar surface area (TPSA) is 37.8 Å². The Balaban J connectivity index is 2.34. The predicted molar refractivity (Wildman–Crippen MR) is 66.7 cm³/mol. The Labute approximate surface area is 112 Å². The van der Waals surface area contributed by atoms with Gasteiger partial charge >= 0.3 is 0 Å². The van der Waals surface area contributed by atoms with E-state index in [1.807, 2.05) is 0 Å². The largest absolute Gasteiger partial charge is 0.338 e. The lowest BCUT2D eigenvalue weighted by molar-refractivity contribution is 0.628. The number of nitrogens with zero attached hydrogens (tertiary/aromatic N) is 2. The predicted octanol–water partition coefficient (Wildman–Crippen LogP) is 4.32. The van der Waals surface area contributed by atoms with Crippen LogP contribution in [-0.4, -0.2) is 9.97 Å². The molecule has 0 saturated heterocycles. The normalized spacial score (nSPS) is 10.4. The maximum Gasteiger partial charge on any atom is 0.224 e. The second-order valence-corrected chi connectivity index (χ2v) is 4.24. The molecule has 2 rings (SSSR count). The lowest BCUT2D eigenvalue weighted by Crippen LogP contribution is -1.97. The molecule has 0 spiro atoms. The van der Waals surface area contributed by atoms with E-state index in [2.05, 4.69) is 15.3 Å². The number of aromatic nitrogens is 2. The molecule has 0 unspecified atom stereocenters. The number of hydrogen-bond acceptors (Lipinski definition) is 3. The smallest absolute Gasteiger partial charge is 0.224 e. The molecule has 0 radical (unpaired) electrons. The number of nitrogens with one attached hydrogen (secondary N) is 1. The highest BCUT2D eigenvalue weighted by Crippen LogP contribution is 2.28. The van der Waals surface area contributed by atoms with Gasteiger partial charge in [0.1, 0.15) is 10.8 Å². The third-order valence-corrected chi connectivity index (χ3v) is 2.67. The highest BCUT2D eigenvalue weighted by atomic mass is 35.5. The van der Waals surface area contributed by atoms with E-state index >= 15 is 0 Å². The Morgan fingerprint density at radius 3 is 2.59 bits per heavy atom. The van der Waals surface area contributed by atoms with Crippen molar-refractivity contribution in [1.29, 1.82) is 0 Å². The van der Waals surface area contributed by atoms with Crippen LogP contribution in [0.15, 0.2) is 24.4 Å². The molecule has 17 heavy (non-hydrogen) atoms. The van der Waals surface area contributed by atoms with Gasteiger partial charge in [0.25, 0.3) is 0 Å². The average molecular weight is 293 g/mol. The van der Waals surface area contributed by atoms with Crippen LogP contribution in [-0.2, 0) is 0 Å². The molecule has 0 aliphatic carbocycles. The van der Waals surface area contributed by atoms with Crippen molar-refractivity contribution in [2.45, 2.75) is 0 Å². The lowest BCUT2D eigenvalue weighted by atomic mass is 10.3. The van der Waals surface area contributed by atoms with Crippen molar-refractivity contribution < 1.29 is 4.39 Å². The minimum absolute atomic E-state index is 0.0511. The summed E-state index contributed by atoms with van der Waals surface area (Å²) in [5, 5.41) is 3.40. The van der Waals surface area contributed by atoms with Crippen molar-refractivity contribution in [3.63, 3.8) is 0 Å². The monoisotopic (exact) mass is 291 g/mol. The summed E-state index contributed by atoms with van der Waals surface area (Å²) >= 11 is 17.4. The first-order valence-electron chi connectivity index (χ1n) is 4.46. The molecule has 0 fully saturated rings. The van der Waals surface area contributed by atoms with Gasteiger partial charge in [-0.2, -0.15) is 4.98 Å². The molecule has 0 bridgehead atoms. The first-order valence-corrected chi connectivity index (χ1v) is 5.60. The molecule has 1 aromatic heterocycles. The van der Waals surface area contributed by atoms with Crippen LogP contribution in [0.25, 0.3) is 0 Å². The van der Waals surface area contributed by atoms with Gasteiger partial charge in [0.05, 0.1) is 16.9 Å². The molecule has 1 N–H and O–H groups in total. The Morgan fingerprint density at radius 2 is 1.88 bits per heavy atom. The summed E-state index contributed by atoms with van der Waals surface area (Å²) < 4.78 is 12.8. The van der Waals surface area contributed by atoms with Gasteiger partial charge in [-0.1, -0.05) is 23.2 Å². The minimum atomic E-state index is -0.424. The van der Waals surface area contributed by atoms with Gasteiger partial charge in [-0.15, -0.1) is 0 Å². The van der Waals surface area contributed by atoms with Gasteiger partial charge < -0.3 is 5.32 Å². The van der Waals surface area contributed by atoms with E-state index in [4.69, 9.17) is 34.8 Å². The first kappa shape index (κ1) is 12.4. The zero-order chi connectivity index (χ0) is 12.4. The summed E-state index contributed by atoms with van der Waals surface area (Å²) in [5.41, 5.74) is 0.477. The SMILES string of the molecule is Fc1ccc(Nc2nc(Cl)ncc2Cl)c(Cl)c1. The van der Waals surface area contributed by atoms with Crippen LogP contribution >= 0.6 is 34.8 Å². The van der Waals surface area contributed by atoms with Crippen molar-refractivity contribution in [2.75, 3.05) is 5.32 Å². The fourth-order valence-electron chi connectivity index (χ4n) is 1.15. The van der Waals surface area contributed by atoms with E-state index in [9.17, 15) is 4.39 Å². The van der Waals surface area contributed by atoms with Crippen molar-refractivity contribution in [2.24, 2.45) is 0 Å². The zero-order valence-corrected chi connectivity index (χ0v) is 10.5. The molecule has 3 nitrogen and oxygen atoms in total. The van der Waals surface area contributed by atoms with E-state index in [0.717, 1.165) is 0 Å². The van der Waals surface area contributed by atoms with Gasteiger partial charge in [0, 0.05) is 0 Å². The van der Waals surface area contributed by atoms with Gasteiger partial charge in [0.2, 0.25) is 5.28 Å². The van der Waals surface area contributed by atoms with Crippen LogP contribution in [0.2, 0.25) is 15.3 Å². The second kappa shape index (κ2) is 5.04. The van der Waals surface area contributed by atoms with E-state index in [0.29, 0.717) is 11.5 Å². The summed E-state index contributed by atoms with van der Waals surface area (Å²) in [6, 6.07) is 3.93. The van der Waals surface area contributed by atoms with Crippen LogP contribution in [0.4, 0.5) is 15.9 Å². The molecule has 2 aromatic rings. The lowest BCUT2D eigenvalue weighted by Gasteiger charge is -2.08. The van der Waals surface area contributed by atoms with E-state index in [-0.39, 0.29) is 15.3 Å². The molecule has 0 aliphatic rings. The van der Waals surface area contributed by atoms with Crippen LogP contribution in [0.5, 0.6) is 0 Å². The van der Waals surface area contributed by atoms with Gasteiger partial charge in [-0.3, -0.25) is 0 Å². The summed E-state index contributed by atoms with van der Waals surface area (Å²) in [7, 11) is 0. The Hall–Kier alpha value is -1.10. The zero-order valence-electron chi connectivity index (χ0n) is 8.22. The number of rotatable bonds is 2. The van der Waals surface area contributed by atoms with Gasteiger partial charge in [-0.05, 0) is 29.8 Å². The molecule has 0 saturated carbocycles. The molecular weight excluding hydrogens is 287 g/mol. The highest BCUT2D eigenvalue weighted by Gasteiger charge is 2.07. The number of halogens is 4. The second-order valence-electron chi connectivity index (χ2n) is 3.08. The average Bonchev–Trinajstić information content (AvgIpc) is 2.27. The van der Waals surface area contributed by atoms with Crippen LogP contribution in [0, 0.1) is 5.82 Å². The molecule has 88 valence electrons.